The Bertz CT molecular complexity index is 525. The van der Waals surface area contributed by atoms with Crippen molar-refractivity contribution in [3.05, 3.63) is 59.4 Å². The molecule has 18 heavy (non-hydrogen) atoms. The first-order chi connectivity index (χ1) is 8.72. The maximum Gasteiger partial charge on any atom is 0.0451 e. The first kappa shape index (κ1) is 13.1. The van der Waals surface area contributed by atoms with Gasteiger partial charge in [0.15, 0.2) is 0 Å². The van der Waals surface area contributed by atoms with Gasteiger partial charge in [0, 0.05) is 29.2 Å². The highest BCUT2D eigenvalue weighted by atomic mass is 32.2. The lowest BCUT2D eigenvalue weighted by molar-refractivity contribution is 0.690. The van der Waals surface area contributed by atoms with Crippen LogP contribution in [0.15, 0.2) is 47.5 Å². The van der Waals surface area contributed by atoms with E-state index in [-0.39, 0.29) is 6.04 Å². The summed E-state index contributed by atoms with van der Waals surface area (Å²) in [4.78, 5) is 5.66. The number of nitrogens with zero attached hydrogens (tertiary/aromatic N) is 1. The average Bonchev–Trinajstić information content (AvgIpc) is 2.41. The summed E-state index contributed by atoms with van der Waals surface area (Å²) < 4.78 is 0. The largest absolute Gasteiger partial charge is 0.324 e. The third kappa shape index (κ3) is 2.92. The van der Waals surface area contributed by atoms with Crippen LogP contribution in [-0.4, -0.2) is 11.2 Å². The van der Waals surface area contributed by atoms with Gasteiger partial charge in [0.1, 0.15) is 0 Å². The zero-order chi connectivity index (χ0) is 13.0. The fourth-order valence-corrected chi connectivity index (χ4v) is 2.69. The second-order valence-corrected chi connectivity index (χ2v) is 5.17. The summed E-state index contributed by atoms with van der Waals surface area (Å²) in [5.41, 5.74) is 9.81. The van der Waals surface area contributed by atoms with Gasteiger partial charge in [0.2, 0.25) is 0 Å². The number of aromatic nitrogens is 1. The molecule has 1 aromatic heterocycles. The predicted octanol–water partition coefficient (Wildman–Crippen LogP) is 3.35. The SMILES string of the molecule is CSc1ccccc1C(N)Cc1ncccc1C. The molecule has 0 saturated carbocycles. The van der Waals surface area contributed by atoms with Crippen LogP contribution in [0.25, 0.3) is 0 Å². The highest BCUT2D eigenvalue weighted by Gasteiger charge is 2.12. The van der Waals surface area contributed by atoms with Gasteiger partial charge in [0.05, 0.1) is 0 Å². The maximum atomic E-state index is 6.32. The van der Waals surface area contributed by atoms with Gasteiger partial charge in [-0.1, -0.05) is 24.3 Å². The van der Waals surface area contributed by atoms with E-state index in [0.717, 1.165) is 12.1 Å². The topological polar surface area (TPSA) is 38.9 Å². The van der Waals surface area contributed by atoms with Crippen LogP contribution >= 0.6 is 11.8 Å². The van der Waals surface area contributed by atoms with Gasteiger partial charge in [-0.25, -0.2) is 0 Å². The minimum Gasteiger partial charge on any atom is -0.324 e. The second-order valence-electron chi connectivity index (χ2n) is 4.32. The standard InChI is InChI=1S/C15H18N2S/c1-11-6-5-9-17-14(11)10-13(16)12-7-3-4-8-15(12)18-2/h3-9,13H,10,16H2,1-2H3. The number of pyridine rings is 1. The molecule has 0 bridgehead atoms. The molecular weight excluding hydrogens is 240 g/mol. The molecule has 0 spiro atoms. The van der Waals surface area contributed by atoms with Crippen LogP contribution in [0.4, 0.5) is 0 Å². The minimum atomic E-state index is 0.00208. The van der Waals surface area contributed by atoms with E-state index in [0.29, 0.717) is 0 Å². The molecule has 0 aliphatic rings. The Morgan fingerprint density at radius 3 is 2.72 bits per heavy atom. The molecule has 0 aliphatic heterocycles. The number of rotatable bonds is 4. The van der Waals surface area contributed by atoms with E-state index in [1.165, 1.54) is 16.0 Å². The van der Waals surface area contributed by atoms with Gasteiger partial charge < -0.3 is 5.73 Å². The highest BCUT2D eigenvalue weighted by Crippen LogP contribution is 2.26. The molecule has 2 aromatic rings. The molecule has 0 saturated heterocycles. The Morgan fingerprint density at radius 2 is 2.00 bits per heavy atom. The summed E-state index contributed by atoms with van der Waals surface area (Å²) in [5.74, 6) is 0. The molecule has 0 radical (unpaired) electrons. The van der Waals surface area contributed by atoms with Crippen LogP contribution in [0, 0.1) is 6.92 Å². The van der Waals surface area contributed by atoms with Crippen molar-refractivity contribution in [1.29, 1.82) is 0 Å². The van der Waals surface area contributed by atoms with Crippen molar-refractivity contribution in [3.8, 4) is 0 Å². The molecule has 1 heterocycles. The van der Waals surface area contributed by atoms with E-state index < -0.39 is 0 Å². The third-order valence-electron chi connectivity index (χ3n) is 3.07. The first-order valence-electron chi connectivity index (χ1n) is 6.01. The fraction of sp³-hybridized carbons (Fsp3) is 0.267. The number of hydrogen-bond acceptors (Lipinski definition) is 3. The molecule has 3 heteroatoms. The monoisotopic (exact) mass is 258 g/mol. The fourth-order valence-electron chi connectivity index (χ4n) is 2.02. The summed E-state index contributed by atoms with van der Waals surface area (Å²) in [6.45, 7) is 2.08. The molecule has 1 unspecified atom stereocenters. The van der Waals surface area contributed by atoms with Gasteiger partial charge >= 0.3 is 0 Å². The number of hydrogen-bond donors (Lipinski definition) is 1. The minimum absolute atomic E-state index is 0.00208. The third-order valence-corrected chi connectivity index (χ3v) is 3.88. The van der Waals surface area contributed by atoms with Crippen molar-refractivity contribution in [3.63, 3.8) is 0 Å². The normalized spacial score (nSPS) is 12.4. The van der Waals surface area contributed by atoms with E-state index >= 15 is 0 Å². The van der Waals surface area contributed by atoms with E-state index in [1.807, 2.05) is 24.4 Å². The predicted molar refractivity (Wildman–Crippen MR) is 77.8 cm³/mol. The lowest BCUT2D eigenvalue weighted by Crippen LogP contribution is -2.15. The van der Waals surface area contributed by atoms with Crippen molar-refractivity contribution >= 4 is 11.8 Å². The number of aryl methyl sites for hydroxylation is 1. The zero-order valence-electron chi connectivity index (χ0n) is 10.8. The van der Waals surface area contributed by atoms with E-state index in [4.69, 9.17) is 5.73 Å². The van der Waals surface area contributed by atoms with Crippen LogP contribution < -0.4 is 5.73 Å². The van der Waals surface area contributed by atoms with Crippen molar-refractivity contribution < 1.29 is 0 Å². The van der Waals surface area contributed by atoms with Crippen LogP contribution in [-0.2, 0) is 6.42 Å². The van der Waals surface area contributed by atoms with Crippen molar-refractivity contribution in [2.75, 3.05) is 6.26 Å². The summed E-state index contributed by atoms with van der Waals surface area (Å²) in [6.07, 6.45) is 4.69. The van der Waals surface area contributed by atoms with Gasteiger partial charge in [-0.2, -0.15) is 0 Å². The van der Waals surface area contributed by atoms with Crippen molar-refractivity contribution in [2.24, 2.45) is 5.73 Å². The molecule has 0 fully saturated rings. The lowest BCUT2D eigenvalue weighted by atomic mass is 10.0. The average molecular weight is 258 g/mol. The molecule has 0 aliphatic carbocycles. The highest BCUT2D eigenvalue weighted by molar-refractivity contribution is 7.98. The quantitative estimate of drug-likeness (QED) is 0.855. The van der Waals surface area contributed by atoms with Gasteiger partial charge in [0.25, 0.3) is 0 Å². The molecule has 1 aromatic carbocycles. The number of thioether (sulfide) groups is 1. The van der Waals surface area contributed by atoms with Crippen LogP contribution in [0.5, 0.6) is 0 Å². The lowest BCUT2D eigenvalue weighted by Gasteiger charge is -2.16. The number of benzene rings is 1. The Hall–Kier alpha value is -1.32. The number of nitrogens with two attached hydrogens (primary N) is 1. The smallest absolute Gasteiger partial charge is 0.0451 e. The molecule has 94 valence electrons. The van der Waals surface area contributed by atoms with E-state index in [1.54, 1.807) is 11.8 Å². The molecule has 2 N–H and O–H groups in total. The molecule has 2 nitrogen and oxygen atoms in total. The Labute approximate surface area is 113 Å². The summed E-state index contributed by atoms with van der Waals surface area (Å²) in [5, 5.41) is 0. The first-order valence-corrected chi connectivity index (χ1v) is 7.24. The van der Waals surface area contributed by atoms with Crippen LogP contribution in [0.1, 0.15) is 22.9 Å². The summed E-state index contributed by atoms with van der Waals surface area (Å²) in [7, 11) is 0. The molecule has 0 amide bonds. The zero-order valence-corrected chi connectivity index (χ0v) is 11.6. The second kappa shape index (κ2) is 6.03. The van der Waals surface area contributed by atoms with Gasteiger partial charge in [-0.05, 0) is 36.4 Å². The van der Waals surface area contributed by atoms with E-state index in [9.17, 15) is 0 Å². The van der Waals surface area contributed by atoms with Crippen LogP contribution in [0.2, 0.25) is 0 Å². The van der Waals surface area contributed by atoms with Gasteiger partial charge in [-0.15, -0.1) is 11.8 Å². The summed E-state index contributed by atoms with van der Waals surface area (Å²) >= 11 is 1.74. The van der Waals surface area contributed by atoms with Crippen LogP contribution in [0.3, 0.4) is 0 Å². The summed E-state index contributed by atoms with van der Waals surface area (Å²) in [6, 6.07) is 12.4. The molecule has 1 atom stereocenters. The van der Waals surface area contributed by atoms with Crippen molar-refractivity contribution in [2.45, 2.75) is 24.3 Å². The van der Waals surface area contributed by atoms with E-state index in [2.05, 4.69) is 36.4 Å². The Kier molecular flexibility index (Phi) is 4.39. The maximum absolute atomic E-state index is 6.32. The Balaban J connectivity index is 2.22. The van der Waals surface area contributed by atoms with Crippen molar-refractivity contribution in [1.82, 2.24) is 4.98 Å². The van der Waals surface area contributed by atoms with Gasteiger partial charge in [-0.3, -0.25) is 4.98 Å². The molecular formula is C15H18N2S. The molecule has 2 rings (SSSR count). The Morgan fingerprint density at radius 1 is 1.22 bits per heavy atom.